The monoisotopic (exact) mass is 301 g/mol. The molecule has 0 aliphatic rings. The molecule has 0 aliphatic heterocycles. The van der Waals surface area contributed by atoms with Crippen molar-refractivity contribution in [1.29, 1.82) is 5.26 Å². The normalized spacial score (nSPS) is 10.3. The molecule has 7 nitrogen and oxygen atoms in total. The van der Waals surface area contributed by atoms with Crippen LogP contribution in [0.1, 0.15) is 5.56 Å². The summed E-state index contributed by atoms with van der Waals surface area (Å²) in [4.78, 5) is 15.8. The third-order valence-corrected chi connectivity index (χ3v) is 2.67. The molecule has 0 saturated heterocycles. The Kier molecular flexibility index (Phi) is 3.25. The highest BCUT2D eigenvalue weighted by Crippen LogP contribution is 2.20. The number of hydrogen-bond donors (Lipinski definition) is 0. The summed E-state index contributed by atoms with van der Waals surface area (Å²) in [5, 5.41) is 12.7. The Morgan fingerprint density at radius 3 is 2.76 bits per heavy atom. The second-order valence-electron chi connectivity index (χ2n) is 3.91. The highest BCUT2D eigenvalue weighted by atomic mass is 35.5. The van der Waals surface area contributed by atoms with Gasteiger partial charge in [0, 0.05) is 5.56 Å². The third kappa shape index (κ3) is 2.68. The van der Waals surface area contributed by atoms with Crippen molar-refractivity contribution in [3.05, 3.63) is 47.5 Å². The van der Waals surface area contributed by atoms with Crippen molar-refractivity contribution in [2.45, 2.75) is 0 Å². The van der Waals surface area contributed by atoms with Gasteiger partial charge in [-0.05, 0) is 29.8 Å². The van der Waals surface area contributed by atoms with Crippen LogP contribution in [0, 0.1) is 17.1 Å². The fourth-order valence-corrected chi connectivity index (χ4v) is 1.82. The minimum Gasteiger partial charge on any atom is -0.223 e. The molecule has 3 aromatic rings. The minimum atomic E-state index is -0.567. The van der Waals surface area contributed by atoms with Crippen molar-refractivity contribution in [3.8, 4) is 23.4 Å². The first kappa shape index (κ1) is 13.1. The maximum absolute atomic E-state index is 13.5. The number of rotatable bonds is 2. The Morgan fingerprint density at radius 2 is 2.05 bits per heavy atom. The lowest BCUT2D eigenvalue weighted by Crippen LogP contribution is -2.05. The van der Waals surface area contributed by atoms with Gasteiger partial charge in [-0.15, -0.1) is 0 Å². The lowest BCUT2D eigenvalue weighted by molar-refractivity contribution is 0.627. The van der Waals surface area contributed by atoms with E-state index in [2.05, 4.69) is 25.0 Å². The smallest absolute Gasteiger partial charge is 0.223 e. The maximum atomic E-state index is 13.5. The van der Waals surface area contributed by atoms with Gasteiger partial charge < -0.3 is 0 Å². The summed E-state index contributed by atoms with van der Waals surface area (Å²) in [5.74, 6) is -0.287. The molecule has 0 fully saturated rings. The van der Waals surface area contributed by atoms with E-state index in [0.29, 0.717) is 5.56 Å². The molecule has 0 saturated carbocycles. The van der Waals surface area contributed by atoms with Gasteiger partial charge in [-0.2, -0.15) is 30.0 Å². The lowest BCUT2D eigenvalue weighted by atomic mass is 10.1. The number of benzene rings is 1. The molecule has 2 aromatic heterocycles. The predicted octanol–water partition coefficient (Wildman–Crippen LogP) is 1.78. The van der Waals surface area contributed by atoms with Gasteiger partial charge in [0.25, 0.3) is 5.95 Å². The first-order valence-corrected chi connectivity index (χ1v) is 6.01. The van der Waals surface area contributed by atoms with Crippen LogP contribution in [-0.4, -0.2) is 29.7 Å². The molecule has 21 heavy (non-hydrogen) atoms. The van der Waals surface area contributed by atoms with E-state index >= 15 is 0 Å². The SMILES string of the molecule is N#Cc1cc(F)cc(-c2nc(Cl)nc(-n3cncn3)n2)c1. The van der Waals surface area contributed by atoms with Crippen LogP contribution < -0.4 is 0 Å². The van der Waals surface area contributed by atoms with Gasteiger partial charge in [0.1, 0.15) is 18.5 Å². The average Bonchev–Trinajstić information content (AvgIpc) is 3.00. The standard InChI is InChI=1S/C12H5ClFN7/c13-11-18-10(8-1-7(4-15)2-9(14)3-8)19-12(20-11)21-6-16-5-17-21/h1-3,5-6H. The Bertz CT molecular complexity index is 841. The largest absolute Gasteiger partial charge is 0.256 e. The van der Waals surface area contributed by atoms with E-state index in [9.17, 15) is 4.39 Å². The number of nitriles is 1. The number of halogens is 2. The molecule has 0 bridgehead atoms. The Balaban J connectivity index is 2.15. The van der Waals surface area contributed by atoms with Crippen LogP contribution in [0.15, 0.2) is 30.9 Å². The van der Waals surface area contributed by atoms with Crippen molar-refractivity contribution in [3.63, 3.8) is 0 Å². The van der Waals surface area contributed by atoms with Gasteiger partial charge >= 0.3 is 0 Å². The van der Waals surface area contributed by atoms with E-state index in [1.54, 1.807) is 0 Å². The van der Waals surface area contributed by atoms with Gasteiger partial charge in [-0.3, -0.25) is 0 Å². The molecule has 102 valence electrons. The summed E-state index contributed by atoms with van der Waals surface area (Å²) in [7, 11) is 0. The van der Waals surface area contributed by atoms with Gasteiger partial charge in [0.15, 0.2) is 5.82 Å². The zero-order valence-electron chi connectivity index (χ0n) is 10.3. The number of aromatic nitrogens is 6. The molecule has 2 heterocycles. The van der Waals surface area contributed by atoms with Crippen molar-refractivity contribution >= 4 is 11.6 Å². The fourth-order valence-electron chi connectivity index (χ4n) is 1.67. The van der Waals surface area contributed by atoms with Crippen molar-refractivity contribution < 1.29 is 4.39 Å². The molecule has 1 aromatic carbocycles. The molecule has 0 atom stereocenters. The Morgan fingerprint density at radius 1 is 1.19 bits per heavy atom. The van der Waals surface area contributed by atoms with Crippen LogP contribution in [0.5, 0.6) is 0 Å². The van der Waals surface area contributed by atoms with Crippen LogP contribution in [0.3, 0.4) is 0 Å². The van der Waals surface area contributed by atoms with E-state index in [1.165, 1.54) is 29.5 Å². The quantitative estimate of drug-likeness (QED) is 0.716. The minimum absolute atomic E-state index is 0.0757. The molecule has 0 unspecified atom stereocenters. The highest BCUT2D eigenvalue weighted by molar-refractivity contribution is 6.28. The molecule has 0 radical (unpaired) electrons. The summed E-state index contributed by atoms with van der Waals surface area (Å²) in [6.45, 7) is 0. The van der Waals surface area contributed by atoms with E-state index in [-0.39, 0.29) is 22.6 Å². The maximum Gasteiger partial charge on any atom is 0.256 e. The van der Waals surface area contributed by atoms with Crippen LogP contribution >= 0.6 is 11.6 Å². The van der Waals surface area contributed by atoms with Crippen molar-refractivity contribution in [1.82, 2.24) is 29.7 Å². The zero-order valence-corrected chi connectivity index (χ0v) is 11.0. The van der Waals surface area contributed by atoms with E-state index in [1.807, 2.05) is 6.07 Å². The number of nitrogens with zero attached hydrogens (tertiary/aromatic N) is 7. The summed E-state index contributed by atoms with van der Waals surface area (Å²) >= 11 is 5.85. The number of hydrogen-bond acceptors (Lipinski definition) is 6. The van der Waals surface area contributed by atoms with Crippen LogP contribution in [0.25, 0.3) is 17.3 Å². The molecule has 9 heteroatoms. The molecule has 0 N–H and O–H groups in total. The highest BCUT2D eigenvalue weighted by Gasteiger charge is 2.11. The van der Waals surface area contributed by atoms with Crippen LogP contribution in [0.4, 0.5) is 4.39 Å². The summed E-state index contributed by atoms with van der Waals surface area (Å²) < 4.78 is 14.8. The second-order valence-corrected chi connectivity index (χ2v) is 4.25. The van der Waals surface area contributed by atoms with Gasteiger partial charge in [0.05, 0.1) is 11.6 Å². The van der Waals surface area contributed by atoms with E-state index < -0.39 is 5.82 Å². The molecular weight excluding hydrogens is 297 g/mol. The Labute approximate surface area is 122 Å². The summed E-state index contributed by atoms with van der Waals surface area (Å²) in [6.07, 6.45) is 2.70. The van der Waals surface area contributed by atoms with Gasteiger partial charge in [0.2, 0.25) is 5.28 Å². The average molecular weight is 302 g/mol. The topological polar surface area (TPSA) is 93.2 Å². The van der Waals surface area contributed by atoms with Gasteiger partial charge in [-0.25, -0.2) is 9.37 Å². The molecule has 0 aliphatic carbocycles. The van der Waals surface area contributed by atoms with Crippen molar-refractivity contribution in [2.24, 2.45) is 0 Å². The zero-order chi connectivity index (χ0) is 14.8. The molecular formula is C12H5ClFN7. The molecule has 0 spiro atoms. The van der Waals surface area contributed by atoms with Crippen molar-refractivity contribution in [2.75, 3.05) is 0 Å². The van der Waals surface area contributed by atoms with Crippen LogP contribution in [0.2, 0.25) is 5.28 Å². The second kappa shape index (κ2) is 5.22. The molecule has 3 rings (SSSR count). The summed E-state index contributed by atoms with van der Waals surface area (Å²) in [5.41, 5.74) is 0.473. The lowest BCUT2D eigenvalue weighted by Gasteiger charge is -2.04. The summed E-state index contributed by atoms with van der Waals surface area (Å²) in [6, 6.07) is 5.64. The fraction of sp³-hybridized carbons (Fsp3) is 0. The van der Waals surface area contributed by atoms with E-state index in [4.69, 9.17) is 16.9 Å². The predicted molar refractivity (Wildman–Crippen MR) is 69.9 cm³/mol. The first-order valence-electron chi connectivity index (χ1n) is 5.63. The van der Waals surface area contributed by atoms with Crippen LogP contribution in [-0.2, 0) is 0 Å². The van der Waals surface area contributed by atoms with Gasteiger partial charge in [-0.1, -0.05) is 0 Å². The molecule has 0 amide bonds. The van der Waals surface area contributed by atoms with E-state index in [0.717, 1.165) is 6.07 Å². The Hall–Kier alpha value is -2.92. The first-order chi connectivity index (χ1) is 10.2. The third-order valence-electron chi connectivity index (χ3n) is 2.51.